The van der Waals surface area contributed by atoms with E-state index in [2.05, 4.69) is 26.5 Å². The Morgan fingerprint density at radius 1 is 1.22 bits per heavy atom. The molecule has 50 valence electrons. The van der Waals surface area contributed by atoms with Crippen LogP contribution in [0.15, 0.2) is 16.9 Å². The summed E-state index contributed by atoms with van der Waals surface area (Å²) in [6.07, 6.45) is 2.79. The van der Waals surface area contributed by atoms with Gasteiger partial charge in [0.15, 0.2) is 0 Å². The van der Waals surface area contributed by atoms with Crippen molar-refractivity contribution < 1.29 is 0 Å². The first-order valence-electron chi connectivity index (χ1n) is 3.61. The van der Waals surface area contributed by atoms with Crippen molar-refractivity contribution >= 4 is 0 Å². The van der Waals surface area contributed by atoms with Crippen LogP contribution in [0.2, 0.25) is 0 Å². The highest BCUT2D eigenvalue weighted by atomic mass is 14.3. The fourth-order valence-corrected chi connectivity index (χ4v) is 1.01. The maximum atomic E-state index is 3.34. The lowest BCUT2D eigenvalue weighted by molar-refractivity contribution is 1.01. The summed E-state index contributed by atoms with van der Waals surface area (Å²) in [5.41, 5.74) is 6.10. The van der Waals surface area contributed by atoms with Gasteiger partial charge in [-0.1, -0.05) is 0 Å². The Morgan fingerprint density at radius 2 is 1.78 bits per heavy atom. The molecular weight excluding hydrogens is 108 g/mol. The first-order chi connectivity index (χ1) is 4.20. The lowest BCUT2D eigenvalue weighted by Gasteiger charge is -1.88. The Hall–Kier alpha value is -0.480. The van der Waals surface area contributed by atoms with Crippen LogP contribution in [0, 0.1) is 5.92 Å². The summed E-state index contributed by atoms with van der Waals surface area (Å²) in [6.45, 7) is 6.39. The molecule has 1 aliphatic carbocycles. The van der Waals surface area contributed by atoms with E-state index in [1.807, 2.05) is 0 Å². The molecule has 1 saturated carbocycles. The molecule has 0 aromatic carbocycles. The van der Waals surface area contributed by atoms with Crippen LogP contribution in [0.4, 0.5) is 0 Å². The van der Waals surface area contributed by atoms with Gasteiger partial charge in [0.05, 0.1) is 0 Å². The summed E-state index contributed by atoms with van der Waals surface area (Å²) in [5.74, 6) is 0.889. The highest BCUT2D eigenvalue weighted by molar-refractivity contribution is 5.11. The van der Waals surface area contributed by atoms with Crippen LogP contribution in [-0.2, 0) is 0 Å². The van der Waals surface area contributed by atoms with Crippen LogP contribution < -0.4 is 0 Å². The monoisotopic (exact) mass is 122 g/mol. The van der Waals surface area contributed by atoms with Crippen molar-refractivity contribution in [1.29, 1.82) is 0 Å². The molecule has 1 fully saturated rings. The molecule has 0 N–H and O–H groups in total. The molecule has 0 atom stereocenters. The third-order valence-corrected chi connectivity index (χ3v) is 1.64. The Labute approximate surface area is 57.3 Å². The summed E-state index contributed by atoms with van der Waals surface area (Å²) >= 11 is 0. The van der Waals surface area contributed by atoms with Gasteiger partial charge in [-0.05, 0) is 50.7 Å². The molecule has 0 radical (unpaired) electrons. The van der Waals surface area contributed by atoms with Crippen molar-refractivity contribution in [3.05, 3.63) is 16.9 Å². The number of allylic oxidation sites excluding steroid dienone is 1. The van der Waals surface area contributed by atoms with Crippen molar-refractivity contribution in [3.63, 3.8) is 0 Å². The molecule has 0 saturated heterocycles. The van der Waals surface area contributed by atoms with E-state index >= 15 is 0 Å². The molecule has 0 heteroatoms. The Balaban J connectivity index is 2.68. The molecule has 0 heterocycles. The summed E-state index contributed by atoms with van der Waals surface area (Å²) in [4.78, 5) is 0. The zero-order valence-electron chi connectivity index (χ0n) is 6.49. The lowest BCUT2D eigenvalue weighted by Crippen LogP contribution is -1.73. The summed E-state index contributed by atoms with van der Waals surface area (Å²) in [5, 5.41) is 0. The van der Waals surface area contributed by atoms with Crippen molar-refractivity contribution in [2.24, 2.45) is 5.92 Å². The number of rotatable bonds is 1. The van der Waals surface area contributed by atoms with Gasteiger partial charge < -0.3 is 0 Å². The van der Waals surface area contributed by atoms with E-state index < -0.39 is 0 Å². The van der Waals surface area contributed by atoms with Gasteiger partial charge in [0, 0.05) is 0 Å². The van der Waals surface area contributed by atoms with E-state index in [1.165, 1.54) is 24.0 Å². The standard InChI is InChI=1S/C9H14/c1-7(2)6-8(3)9-4-5-9/h9H,4-5H2,1-3H3. The average Bonchev–Trinajstić information content (AvgIpc) is 2.40. The van der Waals surface area contributed by atoms with Crippen molar-refractivity contribution in [1.82, 2.24) is 0 Å². The summed E-state index contributed by atoms with van der Waals surface area (Å²) in [7, 11) is 0. The zero-order chi connectivity index (χ0) is 6.85. The highest BCUT2D eigenvalue weighted by Gasteiger charge is 2.22. The smallest absolute Gasteiger partial charge is 0.0129 e. The van der Waals surface area contributed by atoms with Gasteiger partial charge in [0.2, 0.25) is 0 Å². The molecule has 1 aliphatic rings. The molecule has 9 heavy (non-hydrogen) atoms. The molecule has 0 unspecified atom stereocenters. The van der Waals surface area contributed by atoms with Gasteiger partial charge in [-0.3, -0.25) is 0 Å². The van der Waals surface area contributed by atoms with Crippen LogP contribution in [0.25, 0.3) is 0 Å². The fourth-order valence-electron chi connectivity index (χ4n) is 1.01. The second-order valence-electron chi connectivity index (χ2n) is 3.08. The topological polar surface area (TPSA) is 0 Å². The largest absolute Gasteiger partial charge is 0.123 e. The van der Waals surface area contributed by atoms with Crippen molar-refractivity contribution in [3.8, 4) is 0 Å². The minimum absolute atomic E-state index is 0.889. The third kappa shape index (κ3) is 2.07. The maximum Gasteiger partial charge on any atom is -0.0129 e. The molecule has 0 spiro atoms. The van der Waals surface area contributed by atoms with E-state index in [4.69, 9.17) is 0 Å². The second-order valence-corrected chi connectivity index (χ2v) is 3.08. The van der Waals surface area contributed by atoms with Gasteiger partial charge in [0.1, 0.15) is 0 Å². The average molecular weight is 122 g/mol. The summed E-state index contributed by atoms with van der Waals surface area (Å²) < 4.78 is 0. The lowest BCUT2D eigenvalue weighted by atomic mass is 10.2. The Morgan fingerprint density at radius 3 is 2.11 bits per heavy atom. The SMILES string of the molecule is CC(C)=C=C(C)C1CC1. The van der Waals surface area contributed by atoms with E-state index in [1.54, 1.807) is 0 Å². The highest BCUT2D eigenvalue weighted by Crippen LogP contribution is 2.35. The van der Waals surface area contributed by atoms with Crippen LogP contribution in [0.5, 0.6) is 0 Å². The minimum Gasteiger partial charge on any atom is -0.123 e. The molecule has 0 aromatic rings. The molecular formula is C9H14. The van der Waals surface area contributed by atoms with E-state index in [-0.39, 0.29) is 0 Å². The number of hydrogen-bond acceptors (Lipinski definition) is 0. The van der Waals surface area contributed by atoms with Crippen LogP contribution >= 0.6 is 0 Å². The van der Waals surface area contributed by atoms with Crippen molar-refractivity contribution in [2.75, 3.05) is 0 Å². The van der Waals surface area contributed by atoms with Crippen molar-refractivity contribution in [2.45, 2.75) is 33.6 Å². The Bertz CT molecular complexity index is 160. The third-order valence-electron chi connectivity index (χ3n) is 1.64. The van der Waals surface area contributed by atoms with Crippen LogP contribution in [0.3, 0.4) is 0 Å². The predicted molar refractivity (Wildman–Crippen MR) is 40.3 cm³/mol. The van der Waals surface area contributed by atoms with Gasteiger partial charge in [0.25, 0.3) is 0 Å². The molecule has 0 aliphatic heterocycles. The van der Waals surface area contributed by atoms with Gasteiger partial charge in [-0.15, -0.1) is 5.73 Å². The predicted octanol–water partition coefficient (Wildman–Crippen LogP) is 2.91. The normalized spacial score (nSPS) is 16.8. The first-order valence-corrected chi connectivity index (χ1v) is 3.61. The molecule has 1 rings (SSSR count). The maximum absolute atomic E-state index is 3.34. The van der Waals surface area contributed by atoms with E-state index in [0.29, 0.717) is 0 Å². The molecule has 0 bridgehead atoms. The van der Waals surface area contributed by atoms with E-state index in [0.717, 1.165) is 5.92 Å². The fraction of sp³-hybridized carbons (Fsp3) is 0.667. The molecule has 0 nitrogen and oxygen atoms in total. The second kappa shape index (κ2) is 2.41. The zero-order valence-corrected chi connectivity index (χ0v) is 6.49. The first kappa shape index (κ1) is 6.64. The van der Waals surface area contributed by atoms with Crippen LogP contribution in [0.1, 0.15) is 33.6 Å². The molecule has 0 aromatic heterocycles. The van der Waals surface area contributed by atoms with E-state index in [9.17, 15) is 0 Å². The quantitative estimate of drug-likeness (QED) is 0.469. The Kier molecular flexibility index (Phi) is 1.78. The summed E-state index contributed by atoms with van der Waals surface area (Å²) in [6, 6.07) is 0. The minimum atomic E-state index is 0.889. The van der Waals surface area contributed by atoms with Gasteiger partial charge >= 0.3 is 0 Å². The van der Waals surface area contributed by atoms with Gasteiger partial charge in [-0.2, -0.15) is 0 Å². The van der Waals surface area contributed by atoms with Crippen LogP contribution in [-0.4, -0.2) is 0 Å². The molecule has 0 amide bonds. The number of hydrogen-bond donors (Lipinski definition) is 0. The van der Waals surface area contributed by atoms with Gasteiger partial charge in [-0.25, -0.2) is 0 Å².